The average molecular weight is 898 g/mol. The van der Waals surface area contributed by atoms with Crippen LogP contribution in [0.4, 0.5) is 11.4 Å². The van der Waals surface area contributed by atoms with Crippen LogP contribution in [0, 0.1) is 0 Å². The van der Waals surface area contributed by atoms with Crippen LogP contribution < -0.4 is 16.2 Å². The molecule has 1 radical (unpaired) electrons. The lowest BCUT2D eigenvalue weighted by Crippen LogP contribution is -2.37. The second-order valence-electron chi connectivity index (χ2n) is 23.1. The molecule has 5 heteroatoms. The standard InChI is InChI=1S/C63H54BN2OS/c1-60(2,3)34-18-20-35(21-19-34)65-50-30-44-43-28-47-48(62(6,7)27-26-61(47,4)5)33-55(43)68-54(44)31-42(50)38-22-23-40-56-51(25-24-39-37-15-11-13-17-53(37)67-59(39)56)66-52-32-46-41(29-49(52)64-57(38)58(40)66)36-14-10-12-16-45(36)63(46,8)9/h10-25,28-33,65H,26-27H2,1-9H3. The van der Waals surface area contributed by atoms with Gasteiger partial charge in [-0.25, -0.2) is 0 Å². The summed E-state index contributed by atoms with van der Waals surface area (Å²) in [6.07, 6.45) is 2.39. The fourth-order valence-electron chi connectivity index (χ4n) is 12.7. The van der Waals surface area contributed by atoms with Gasteiger partial charge < -0.3 is 14.3 Å². The number of hydrogen-bond acceptors (Lipinski definition) is 3. The summed E-state index contributed by atoms with van der Waals surface area (Å²) in [4.78, 5) is 0. The summed E-state index contributed by atoms with van der Waals surface area (Å²) in [5, 5.41) is 11.4. The average Bonchev–Trinajstić information content (AvgIpc) is 4.04. The third-order valence-corrected chi connectivity index (χ3v) is 17.8. The molecular weight excluding hydrogens is 844 g/mol. The van der Waals surface area contributed by atoms with Gasteiger partial charge in [-0.1, -0.05) is 141 Å². The van der Waals surface area contributed by atoms with Crippen LogP contribution in [0.3, 0.4) is 0 Å². The number of hydrogen-bond donors (Lipinski definition) is 1. The molecule has 1 N–H and O–H groups in total. The first-order chi connectivity index (χ1) is 32.5. The lowest BCUT2D eigenvalue weighted by molar-refractivity contribution is 0.332. The number of benzene rings is 8. The van der Waals surface area contributed by atoms with Gasteiger partial charge in [0.25, 0.3) is 0 Å². The molecule has 3 aliphatic rings. The molecule has 3 nitrogen and oxygen atoms in total. The zero-order valence-corrected chi connectivity index (χ0v) is 41.3. The quantitative estimate of drug-likeness (QED) is 0.179. The van der Waals surface area contributed by atoms with Crippen LogP contribution in [0.1, 0.15) is 103 Å². The highest BCUT2D eigenvalue weighted by atomic mass is 32.1. The molecule has 0 atom stereocenters. The molecule has 2 aliphatic carbocycles. The minimum Gasteiger partial charge on any atom is -0.455 e. The predicted octanol–water partition coefficient (Wildman–Crippen LogP) is 16.4. The zero-order valence-electron chi connectivity index (χ0n) is 40.5. The van der Waals surface area contributed by atoms with Crippen LogP contribution in [-0.2, 0) is 21.7 Å². The van der Waals surface area contributed by atoms with Crippen molar-refractivity contribution in [3.05, 3.63) is 161 Å². The molecule has 0 saturated carbocycles. The van der Waals surface area contributed by atoms with Crippen molar-refractivity contribution in [1.82, 2.24) is 4.57 Å². The first-order valence-corrected chi connectivity index (χ1v) is 25.3. The second-order valence-corrected chi connectivity index (χ2v) is 24.2. The van der Waals surface area contributed by atoms with Gasteiger partial charge in [-0.05, 0) is 140 Å². The fraction of sp³-hybridized carbons (Fsp3) is 0.238. The van der Waals surface area contributed by atoms with Gasteiger partial charge in [0, 0.05) is 69.9 Å². The van der Waals surface area contributed by atoms with Gasteiger partial charge in [0.1, 0.15) is 11.2 Å². The number of rotatable bonds is 3. The molecule has 0 saturated heterocycles. The van der Waals surface area contributed by atoms with Gasteiger partial charge in [0.05, 0.1) is 10.9 Å². The minimum absolute atomic E-state index is 0.0637. The van der Waals surface area contributed by atoms with Gasteiger partial charge in [-0.15, -0.1) is 11.3 Å². The fourth-order valence-corrected chi connectivity index (χ4v) is 13.8. The first-order valence-electron chi connectivity index (χ1n) is 24.5. The van der Waals surface area contributed by atoms with Crippen molar-refractivity contribution in [2.75, 3.05) is 5.32 Å². The van der Waals surface area contributed by atoms with Crippen LogP contribution in [0.25, 0.3) is 91.9 Å². The minimum atomic E-state index is -0.132. The van der Waals surface area contributed by atoms with E-state index in [9.17, 15) is 0 Å². The normalized spacial score (nSPS) is 16.4. The Morgan fingerprint density at radius 2 is 1.29 bits per heavy atom. The lowest BCUT2D eigenvalue weighted by atomic mass is 9.58. The molecule has 331 valence electrons. The predicted molar refractivity (Wildman–Crippen MR) is 293 cm³/mol. The Labute approximate surface area is 403 Å². The molecule has 0 amide bonds. The van der Waals surface area contributed by atoms with Gasteiger partial charge in [0.2, 0.25) is 0 Å². The molecule has 14 rings (SSSR count). The summed E-state index contributed by atoms with van der Waals surface area (Å²) >= 11 is 1.94. The van der Waals surface area contributed by atoms with E-state index >= 15 is 0 Å². The summed E-state index contributed by atoms with van der Waals surface area (Å²) in [6.45, 7) is 21.4. The van der Waals surface area contributed by atoms with Gasteiger partial charge in [0.15, 0.2) is 7.28 Å². The van der Waals surface area contributed by atoms with E-state index in [0.29, 0.717) is 0 Å². The summed E-state index contributed by atoms with van der Waals surface area (Å²) < 4.78 is 12.1. The number of aromatic nitrogens is 1. The topological polar surface area (TPSA) is 30.1 Å². The monoisotopic (exact) mass is 897 g/mol. The number of para-hydroxylation sites is 1. The maximum atomic E-state index is 6.87. The highest BCUT2D eigenvalue weighted by molar-refractivity contribution is 7.25. The van der Waals surface area contributed by atoms with E-state index in [1.807, 2.05) is 11.3 Å². The summed E-state index contributed by atoms with van der Waals surface area (Å²) in [5.41, 5.74) is 22.5. The Balaban J connectivity index is 1.06. The number of anilines is 2. The summed E-state index contributed by atoms with van der Waals surface area (Å²) in [7, 11) is 2.49. The molecule has 8 aromatic carbocycles. The Hall–Kier alpha value is -6.56. The van der Waals surface area contributed by atoms with E-state index in [1.54, 1.807) is 0 Å². The molecule has 68 heavy (non-hydrogen) atoms. The third-order valence-electron chi connectivity index (χ3n) is 16.7. The van der Waals surface area contributed by atoms with Crippen LogP contribution in [-0.4, -0.2) is 11.8 Å². The van der Waals surface area contributed by atoms with E-state index < -0.39 is 0 Å². The van der Waals surface area contributed by atoms with Crippen molar-refractivity contribution in [3.63, 3.8) is 0 Å². The van der Waals surface area contributed by atoms with Crippen molar-refractivity contribution in [2.45, 2.75) is 96.8 Å². The maximum absolute atomic E-state index is 6.87. The number of furan rings is 1. The molecular formula is C63H54BN2OS. The van der Waals surface area contributed by atoms with Crippen molar-refractivity contribution in [2.24, 2.45) is 0 Å². The second kappa shape index (κ2) is 13.4. The van der Waals surface area contributed by atoms with Crippen molar-refractivity contribution >= 4 is 105 Å². The lowest BCUT2D eigenvalue weighted by Gasteiger charge is -2.41. The van der Waals surface area contributed by atoms with Crippen LogP contribution >= 0.6 is 11.3 Å². The Morgan fingerprint density at radius 3 is 2.09 bits per heavy atom. The smallest absolute Gasteiger partial charge is 0.197 e. The number of nitrogens with one attached hydrogen (secondary N) is 1. The van der Waals surface area contributed by atoms with Gasteiger partial charge in [-0.2, -0.15) is 0 Å². The maximum Gasteiger partial charge on any atom is 0.197 e. The molecule has 0 fully saturated rings. The molecule has 0 unspecified atom stereocenters. The van der Waals surface area contributed by atoms with Crippen LogP contribution in [0.5, 0.6) is 0 Å². The zero-order chi connectivity index (χ0) is 46.4. The van der Waals surface area contributed by atoms with E-state index in [0.717, 1.165) is 38.7 Å². The molecule has 11 aromatic rings. The largest absolute Gasteiger partial charge is 0.455 e. The molecule has 4 heterocycles. The number of thiophene rings is 1. The van der Waals surface area contributed by atoms with Crippen molar-refractivity contribution in [3.8, 4) is 27.9 Å². The van der Waals surface area contributed by atoms with Gasteiger partial charge in [-0.3, -0.25) is 0 Å². The highest BCUT2D eigenvalue weighted by Crippen LogP contribution is 2.52. The molecule has 0 spiro atoms. The Morgan fingerprint density at radius 1 is 0.588 bits per heavy atom. The summed E-state index contributed by atoms with van der Waals surface area (Å²) in [5.74, 6) is 0. The van der Waals surface area contributed by atoms with Crippen LogP contribution in [0.15, 0.2) is 138 Å². The van der Waals surface area contributed by atoms with E-state index in [1.165, 1.54) is 116 Å². The number of fused-ring (bicyclic) bond motifs is 16. The Kier molecular flexibility index (Phi) is 7.96. The summed E-state index contributed by atoms with van der Waals surface area (Å²) in [6, 6.07) is 51.0. The van der Waals surface area contributed by atoms with Crippen LogP contribution in [0.2, 0.25) is 0 Å². The first kappa shape index (κ1) is 40.5. The van der Waals surface area contributed by atoms with E-state index in [-0.39, 0.29) is 21.7 Å². The van der Waals surface area contributed by atoms with E-state index in [2.05, 4.69) is 213 Å². The van der Waals surface area contributed by atoms with Gasteiger partial charge >= 0.3 is 0 Å². The third kappa shape index (κ3) is 5.48. The van der Waals surface area contributed by atoms with Crippen molar-refractivity contribution < 1.29 is 4.42 Å². The SMILES string of the molecule is CC(C)(C)c1ccc(Nc2cc3c(cc2-c2ccc4c5c6oc7ccccc7c6ccc5n5c4c2[B]c2cc4c(cc2-5)C(C)(C)c2ccccc2-4)sc2cc4c(cc23)C(C)(C)CCC4(C)C)cc1. The van der Waals surface area contributed by atoms with E-state index in [4.69, 9.17) is 4.42 Å². The van der Waals surface area contributed by atoms with Crippen molar-refractivity contribution in [1.29, 1.82) is 0 Å². The molecule has 0 bridgehead atoms. The highest BCUT2D eigenvalue weighted by Gasteiger charge is 2.39. The molecule has 3 aromatic heterocycles. The molecule has 1 aliphatic heterocycles. The Bertz CT molecular complexity index is 4030. The number of nitrogens with zero attached hydrogens (tertiary/aromatic N) is 1.